The summed E-state index contributed by atoms with van der Waals surface area (Å²) in [6.45, 7) is 10.5. The third kappa shape index (κ3) is 6.45. The van der Waals surface area contributed by atoms with Crippen molar-refractivity contribution >= 4 is 52.1 Å². The number of halogens is 2. The second kappa shape index (κ2) is 13.0. The lowest BCUT2D eigenvalue weighted by atomic mass is 10.2. The number of carbonyl (C=O) groups is 1. The third-order valence-electron chi connectivity index (χ3n) is 6.52. The molecule has 0 spiro atoms. The fourth-order valence-electron chi connectivity index (χ4n) is 4.22. The topological polar surface area (TPSA) is 96.8 Å². The summed E-state index contributed by atoms with van der Waals surface area (Å²) in [5, 5.41) is 11.1. The van der Waals surface area contributed by atoms with Gasteiger partial charge in [-0.25, -0.2) is 4.98 Å². The molecule has 0 unspecified atom stereocenters. The molecule has 0 radical (unpaired) electrons. The van der Waals surface area contributed by atoms with E-state index >= 15 is 0 Å². The van der Waals surface area contributed by atoms with Crippen molar-refractivity contribution in [2.24, 2.45) is 7.05 Å². The molecule has 0 bridgehead atoms. The normalized spacial score (nSPS) is 13.3. The molecule has 3 heterocycles. The number of likely N-dealkylation sites (N-methyl/N-ethyl adjacent to an activating group) is 1. The molecule has 0 aliphatic carbocycles. The number of hydrogen-bond donors (Lipinski definition) is 2. The van der Waals surface area contributed by atoms with Crippen molar-refractivity contribution < 1.29 is 14.3 Å². The van der Waals surface area contributed by atoms with Crippen LogP contribution in [0.1, 0.15) is 18.2 Å². The molecule has 1 amide bonds. The highest BCUT2D eigenvalue weighted by atomic mass is 35.5. The van der Waals surface area contributed by atoms with Crippen LogP contribution >= 0.6 is 23.2 Å². The van der Waals surface area contributed by atoms with Crippen LogP contribution in [-0.2, 0) is 11.8 Å². The lowest BCUT2D eigenvalue weighted by Gasteiger charge is -2.35. The Morgan fingerprint density at radius 2 is 1.77 bits per heavy atom. The second-order valence-corrected chi connectivity index (χ2v) is 9.66. The van der Waals surface area contributed by atoms with Gasteiger partial charge in [-0.05, 0) is 24.6 Å². The van der Waals surface area contributed by atoms with E-state index < -0.39 is 0 Å². The van der Waals surface area contributed by atoms with Crippen molar-refractivity contribution in [1.29, 1.82) is 0 Å². The maximum absolute atomic E-state index is 12.2. The minimum atomic E-state index is -0.340. The summed E-state index contributed by atoms with van der Waals surface area (Å²) in [5.74, 6) is 7.44. The molecule has 210 valence electrons. The first-order valence-electron chi connectivity index (χ1n) is 12.6. The molecule has 0 atom stereocenters. The maximum atomic E-state index is 12.2. The van der Waals surface area contributed by atoms with Crippen LogP contribution in [0.4, 0.5) is 23.0 Å². The standard InChI is InChI=1S/C28H31Cl2N7O3/c1-6-25(38)32-21-14-19(37-12-10-36(7-2)11-13-37)17-31-28(21)33-24-15-18(35(3)34-24)8-9-20-26(29)22(39-4)16-23(40-5)27(20)30/h6,14-17H,1,7,10-13H2,2-5H3,(H,32,38)(H,31,33,34). The minimum Gasteiger partial charge on any atom is -0.495 e. The predicted molar refractivity (Wildman–Crippen MR) is 159 cm³/mol. The number of hydrogen-bond acceptors (Lipinski definition) is 8. The first-order chi connectivity index (χ1) is 19.3. The number of pyridine rings is 1. The van der Waals surface area contributed by atoms with E-state index in [0.717, 1.165) is 38.4 Å². The largest absolute Gasteiger partial charge is 0.495 e. The van der Waals surface area contributed by atoms with Gasteiger partial charge in [-0.1, -0.05) is 42.6 Å². The van der Waals surface area contributed by atoms with Crippen molar-refractivity contribution in [3.8, 4) is 23.3 Å². The highest BCUT2D eigenvalue weighted by Gasteiger charge is 2.19. The molecule has 1 aliphatic rings. The molecular formula is C28H31Cl2N7O3. The number of aromatic nitrogens is 3. The SMILES string of the molecule is C=CC(=O)Nc1cc(N2CCN(CC)CC2)cnc1Nc1cc(C#Cc2c(Cl)c(OC)cc(OC)c2Cl)n(C)n1. The maximum Gasteiger partial charge on any atom is 0.247 e. The average Bonchev–Trinajstić information content (AvgIpc) is 3.32. The van der Waals surface area contributed by atoms with Crippen LogP contribution in [0.25, 0.3) is 0 Å². The van der Waals surface area contributed by atoms with E-state index in [-0.39, 0.29) is 16.0 Å². The Labute approximate surface area is 243 Å². The van der Waals surface area contributed by atoms with Gasteiger partial charge in [0.05, 0.1) is 47.4 Å². The minimum absolute atomic E-state index is 0.282. The number of amides is 1. The van der Waals surface area contributed by atoms with Crippen LogP contribution in [0.5, 0.6) is 11.5 Å². The van der Waals surface area contributed by atoms with Crippen LogP contribution in [0.15, 0.2) is 37.1 Å². The zero-order valence-electron chi connectivity index (χ0n) is 22.8. The first-order valence-corrected chi connectivity index (χ1v) is 13.4. The van der Waals surface area contributed by atoms with E-state index in [1.807, 2.05) is 6.07 Å². The Morgan fingerprint density at radius 1 is 1.10 bits per heavy atom. The van der Waals surface area contributed by atoms with Crippen molar-refractivity contribution in [2.45, 2.75) is 6.92 Å². The van der Waals surface area contributed by atoms with E-state index in [4.69, 9.17) is 32.7 Å². The van der Waals surface area contributed by atoms with Gasteiger partial charge in [0, 0.05) is 45.4 Å². The number of nitrogens with zero attached hydrogens (tertiary/aromatic N) is 5. The van der Waals surface area contributed by atoms with Gasteiger partial charge in [-0.15, -0.1) is 0 Å². The monoisotopic (exact) mass is 583 g/mol. The van der Waals surface area contributed by atoms with Gasteiger partial charge < -0.3 is 29.9 Å². The van der Waals surface area contributed by atoms with Crippen LogP contribution < -0.4 is 25.0 Å². The number of ether oxygens (including phenoxy) is 2. The predicted octanol–water partition coefficient (Wildman–Crippen LogP) is 4.55. The Bertz CT molecular complexity index is 1440. The molecule has 40 heavy (non-hydrogen) atoms. The van der Waals surface area contributed by atoms with Gasteiger partial charge in [0.15, 0.2) is 11.6 Å². The molecule has 1 fully saturated rings. The van der Waals surface area contributed by atoms with Gasteiger partial charge in [-0.2, -0.15) is 5.10 Å². The molecule has 10 nitrogen and oxygen atoms in total. The molecule has 12 heteroatoms. The molecule has 0 saturated carbocycles. The zero-order chi connectivity index (χ0) is 28.8. The molecule has 1 aliphatic heterocycles. The lowest BCUT2D eigenvalue weighted by molar-refractivity contribution is -0.111. The van der Waals surface area contributed by atoms with Crippen LogP contribution in [0, 0.1) is 11.8 Å². The summed E-state index contributed by atoms with van der Waals surface area (Å²) in [5.41, 5.74) is 2.40. The van der Waals surface area contributed by atoms with Crippen LogP contribution in [-0.4, -0.2) is 72.5 Å². The number of piperazine rings is 1. The van der Waals surface area contributed by atoms with E-state index in [9.17, 15) is 4.79 Å². The molecule has 3 aromatic rings. The summed E-state index contributed by atoms with van der Waals surface area (Å²) in [4.78, 5) is 21.5. The lowest BCUT2D eigenvalue weighted by Crippen LogP contribution is -2.46. The van der Waals surface area contributed by atoms with E-state index in [1.165, 1.54) is 20.3 Å². The number of aryl methyl sites for hydroxylation is 1. The van der Waals surface area contributed by atoms with E-state index in [0.29, 0.717) is 40.1 Å². The number of carbonyl (C=O) groups excluding carboxylic acids is 1. The van der Waals surface area contributed by atoms with Crippen LogP contribution in [0.2, 0.25) is 10.0 Å². The van der Waals surface area contributed by atoms with Crippen molar-refractivity contribution in [1.82, 2.24) is 19.7 Å². The van der Waals surface area contributed by atoms with Crippen molar-refractivity contribution in [2.75, 3.05) is 62.5 Å². The third-order valence-corrected chi connectivity index (χ3v) is 7.27. The summed E-state index contributed by atoms with van der Waals surface area (Å²) in [6, 6.07) is 5.26. The number of nitrogens with one attached hydrogen (secondary N) is 2. The Morgan fingerprint density at radius 3 is 2.38 bits per heavy atom. The smallest absolute Gasteiger partial charge is 0.247 e. The van der Waals surface area contributed by atoms with Gasteiger partial charge in [-0.3, -0.25) is 9.48 Å². The Hall–Kier alpha value is -3.91. The summed E-state index contributed by atoms with van der Waals surface area (Å²) < 4.78 is 12.2. The molecule has 4 rings (SSSR count). The fraction of sp³-hybridized carbons (Fsp3) is 0.321. The Balaban J connectivity index is 1.61. The number of anilines is 4. The molecular weight excluding hydrogens is 553 g/mol. The summed E-state index contributed by atoms with van der Waals surface area (Å²) >= 11 is 12.9. The van der Waals surface area contributed by atoms with Gasteiger partial charge in [0.25, 0.3) is 0 Å². The van der Waals surface area contributed by atoms with Crippen LogP contribution in [0.3, 0.4) is 0 Å². The number of methoxy groups -OCH3 is 2. The summed E-state index contributed by atoms with van der Waals surface area (Å²) in [6.07, 6.45) is 3.01. The molecule has 1 saturated heterocycles. The van der Waals surface area contributed by atoms with Gasteiger partial charge >= 0.3 is 0 Å². The van der Waals surface area contributed by atoms with Gasteiger partial charge in [0.2, 0.25) is 5.91 Å². The van der Waals surface area contributed by atoms with Crippen molar-refractivity contribution in [3.05, 3.63) is 58.4 Å². The first kappa shape index (κ1) is 29.1. The molecule has 2 N–H and O–H groups in total. The Kier molecular flexibility index (Phi) is 9.42. The zero-order valence-corrected chi connectivity index (χ0v) is 24.4. The van der Waals surface area contributed by atoms with Crippen molar-refractivity contribution in [3.63, 3.8) is 0 Å². The number of benzene rings is 1. The number of rotatable bonds is 8. The quantitative estimate of drug-likeness (QED) is 0.294. The fourth-order valence-corrected chi connectivity index (χ4v) is 4.81. The highest BCUT2D eigenvalue weighted by molar-refractivity contribution is 6.38. The summed E-state index contributed by atoms with van der Waals surface area (Å²) in [7, 11) is 4.77. The molecule has 1 aromatic carbocycles. The van der Waals surface area contributed by atoms with Gasteiger partial charge in [0.1, 0.15) is 17.2 Å². The molecule has 2 aromatic heterocycles. The van der Waals surface area contributed by atoms with E-state index in [1.54, 1.807) is 30.1 Å². The van der Waals surface area contributed by atoms with E-state index in [2.05, 4.69) is 55.9 Å². The highest BCUT2D eigenvalue weighted by Crippen LogP contribution is 2.40. The second-order valence-electron chi connectivity index (χ2n) is 8.90. The average molecular weight is 585 g/mol.